The quantitative estimate of drug-likeness (QED) is 0.635. The van der Waals surface area contributed by atoms with Gasteiger partial charge in [0.1, 0.15) is 0 Å². The van der Waals surface area contributed by atoms with Crippen LogP contribution in [-0.2, 0) is 0 Å². The normalized spacial score (nSPS) is 16.6. The van der Waals surface area contributed by atoms with E-state index in [-0.39, 0.29) is 0 Å². The average Bonchev–Trinajstić information content (AvgIpc) is 2.39. The lowest BCUT2D eigenvalue weighted by Crippen LogP contribution is -2.18. The highest BCUT2D eigenvalue weighted by Crippen LogP contribution is 2.32. The molecule has 0 saturated heterocycles. The van der Waals surface area contributed by atoms with Crippen molar-refractivity contribution in [2.24, 2.45) is 5.84 Å². The van der Waals surface area contributed by atoms with Crippen LogP contribution in [0.2, 0.25) is 0 Å². The van der Waals surface area contributed by atoms with E-state index in [1.807, 2.05) is 19.0 Å². The SMILES string of the molecule is CN(C)c1nc(NN)nc(SC2CCCCC2)n1. The maximum Gasteiger partial charge on any atom is 0.242 e. The van der Waals surface area contributed by atoms with Crippen molar-refractivity contribution in [3.63, 3.8) is 0 Å². The van der Waals surface area contributed by atoms with E-state index in [1.54, 1.807) is 11.8 Å². The Labute approximate surface area is 112 Å². The topological polar surface area (TPSA) is 80.0 Å². The minimum Gasteiger partial charge on any atom is -0.347 e. The molecule has 0 aromatic carbocycles. The molecule has 100 valence electrons. The first-order valence-electron chi connectivity index (χ1n) is 6.25. The molecule has 6 nitrogen and oxygen atoms in total. The van der Waals surface area contributed by atoms with Crippen molar-refractivity contribution in [2.75, 3.05) is 24.4 Å². The van der Waals surface area contributed by atoms with Crippen molar-refractivity contribution in [3.8, 4) is 0 Å². The Morgan fingerprint density at radius 1 is 1.17 bits per heavy atom. The van der Waals surface area contributed by atoms with E-state index < -0.39 is 0 Å². The van der Waals surface area contributed by atoms with Gasteiger partial charge in [-0.25, -0.2) is 5.84 Å². The molecule has 1 aromatic rings. The number of anilines is 2. The fraction of sp³-hybridized carbons (Fsp3) is 0.727. The van der Waals surface area contributed by atoms with Gasteiger partial charge >= 0.3 is 0 Å². The Balaban J connectivity index is 2.12. The zero-order valence-corrected chi connectivity index (χ0v) is 11.7. The fourth-order valence-electron chi connectivity index (χ4n) is 2.00. The summed E-state index contributed by atoms with van der Waals surface area (Å²) in [6.07, 6.45) is 6.47. The first kappa shape index (κ1) is 13.4. The molecule has 1 aromatic heterocycles. The van der Waals surface area contributed by atoms with Gasteiger partial charge in [0.2, 0.25) is 11.9 Å². The van der Waals surface area contributed by atoms with E-state index >= 15 is 0 Å². The molecule has 0 aliphatic heterocycles. The minimum atomic E-state index is 0.423. The van der Waals surface area contributed by atoms with Crippen molar-refractivity contribution < 1.29 is 0 Å². The zero-order chi connectivity index (χ0) is 13.0. The van der Waals surface area contributed by atoms with Gasteiger partial charge in [0.05, 0.1) is 0 Å². The second-order valence-corrected chi connectivity index (χ2v) is 5.93. The number of aromatic nitrogens is 3. The summed E-state index contributed by atoms with van der Waals surface area (Å²) in [6.45, 7) is 0. The van der Waals surface area contributed by atoms with Crippen LogP contribution in [0.4, 0.5) is 11.9 Å². The third kappa shape index (κ3) is 3.46. The van der Waals surface area contributed by atoms with Gasteiger partial charge in [0, 0.05) is 19.3 Å². The molecule has 0 amide bonds. The van der Waals surface area contributed by atoms with Crippen LogP contribution >= 0.6 is 11.8 Å². The molecule has 7 heteroatoms. The lowest BCUT2D eigenvalue weighted by molar-refractivity contribution is 0.515. The number of nitrogen functional groups attached to an aromatic ring is 1. The molecule has 1 aliphatic carbocycles. The summed E-state index contributed by atoms with van der Waals surface area (Å²) in [4.78, 5) is 14.8. The summed E-state index contributed by atoms with van der Waals surface area (Å²) in [5, 5.41) is 1.38. The monoisotopic (exact) mass is 268 g/mol. The third-order valence-corrected chi connectivity index (χ3v) is 4.15. The highest BCUT2D eigenvalue weighted by atomic mass is 32.2. The Morgan fingerprint density at radius 3 is 2.50 bits per heavy atom. The van der Waals surface area contributed by atoms with Gasteiger partial charge in [-0.05, 0) is 12.8 Å². The second-order valence-electron chi connectivity index (χ2n) is 4.66. The molecule has 0 unspecified atom stereocenters. The van der Waals surface area contributed by atoms with Gasteiger partial charge in [-0.2, -0.15) is 15.0 Å². The standard InChI is InChI=1S/C11H20N6S/c1-17(2)10-13-9(16-12)14-11(15-10)18-8-6-4-3-5-7-8/h8H,3-7,12H2,1-2H3,(H,13,14,15,16). The number of nitrogens with one attached hydrogen (secondary N) is 1. The minimum absolute atomic E-state index is 0.423. The number of hydrazine groups is 1. The van der Waals surface area contributed by atoms with E-state index in [2.05, 4.69) is 20.4 Å². The highest BCUT2D eigenvalue weighted by Gasteiger charge is 2.17. The molecule has 18 heavy (non-hydrogen) atoms. The van der Waals surface area contributed by atoms with E-state index in [9.17, 15) is 0 Å². The number of thioether (sulfide) groups is 1. The summed E-state index contributed by atoms with van der Waals surface area (Å²) in [5.41, 5.74) is 2.50. The Bertz CT molecular complexity index is 391. The first-order valence-corrected chi connectivity index (χ1v) is 7.13. The van der Waals surface area contributed by atoms with Crippen LogP contribution < -0.4 is 16.2 Å². The van der Waals surface area contributed by atoms with Gasteiger partial charge in [0.25, 0.3) is 0 Å². The van der Waals surface area contributed by atoms with Crippen molar-refractivity contribution in [1.82, 2.24) is 15.0 Å². The predicted molar refractivity (Wildman–Crippen MR) is 74.7 cm³/mol. The predicted octanol–water partition coefficient (Wildman–Crippen LogP) is 1.65. The maximum absolute atomic E-state index is 5.39. The number of nitrogens with zero attached hydrogens (tertiary/aromatic N) is 4. The van der Waals surface area contributed by atoms with Crippen LogP contribution in [0.25, 0.3) is 0 Å². The molecule has 1 fully saturated rings. The van der Waals surface area contributed by atoms with Gasteiger partial charge in [0.15, 0.2) is 5.16 Å². The van der Waals surface area contributed by atoms with Gasteiger partial charge in [-0.3, -0.25) is 5.43 Å². The summed E-state index contributed by atoms with van der Waals surface area (Å²) in [6, 6.07) is 0. The lowest BCUT2D eigenvalue weighted by Gasteiger charge is -2.20. The Morgan fingerprint density at radius 2 is 1.89 bits per heavy atom. The number of nitrogens with two attached hydrogens (primary N) is 1. The maximum atomic E-state index is 5.39. The first-order chi connectivity index (χ1) is 8.69. The third-order valence-electron chi connectivity index (χ3n) is 2.96. The zero-order valence-electron chi connectivity index (χ0n) is 10.9. The molecule has 2 rings (SSSR count). The van der Waals surface area contributed by atoms with Crippen LogP contribution in [0.1, 0.15) is 32.1 Å². The number of rotatable bonds is 4. The molecule has 0 radical (unpaired) electrons. The summed E-state index contributed by atoms with van der Waals surface area (Å²) >= 11 is 1.74. The van der Waals surface area contributed by atoms with E-state index in [4.69, 9.17) is 5.84 Å². The van der Waals surface area contributed by atoms with E-state index in [0.717, 1.165) is 5.16 Å². The van der Waals surface area contributed by atoms with Crippen LogP contribution in [0, 0.1) is 0 Å². The van der Waals surface area contributed by atoms with Crippen LogP contribution in [0.3, 0.4) is 0 Å². The smallest absolute Gasteiger partial charge is 0.242 e. The van der Waals surface area contributed by atoms with Crippen LogP contribution in [0.15, 0.2) is 5.16 Å². The molecule has 0 spiro atoms. The van der Waals surface area contributed by atoms with Gasteiger partial charge < -0.3 is 4.90 Å². The summed E-state index contributed by atoms with van der Waals surface area (Å²) < 4.78 is 0. The van der Waals surface area contributed by atoms with Crippen molar-refractivity contribution in [2.45, 2.75) is 42.5 Å². The fourth-order valence-corrected chi connectivity index (χ4v) is 3.14. The second kappa shape index (κ2) is 6.19. The van der Waals surface area contributed by atoms with E-state index in [0.29, 0.717) is 17.1 Å². The van der Waals surface area contributed by atoms with Crippen molar-refractivity contribution in [3.05, 3.63) is 0 Å². The van der Waals surface area contributed by atoms with Gasteiger partial charge in [-0.1, -0.05) is 31.0 Å². The summed E-state index contributed by atoms with van der Waals surface area (Å²) in [5.74, 6) is 6.45. The lowest BCUT2D eigenvalue weighted by atomic mass is 10.0. The molecule has 3 N–H and O–H groups in total. The van der Waals surface area contributed by atoms with Crippen LogP contribution in [-0.4, -0.2) is 34.3 Å². The molecule has 1 aliphatic rings. The Kier molecular flexibility index (Phi) is 4.60. The molecule has 0 bridgehead atoms. The highest BCUT2D eigenvalue weighted by molar-refractivity contribution is 7.99. The van der Waals surface area contributed by atoms with E-state index in [1.165, 1.54) is 32.1 Å². The Hall–Kier alpha value is -1.08. The number of hydrogen-bond acceptors (Lipinski definition) is 7. The van der Waals surface area contributed by atoms with Crippen molar-refractivity contribution in [1.29, 1.82) is 0 Å². The number of hydrogen-bond donors (Lipinski definition) is 2. The average molecular weight is 268 g/mol. The molecular weight excluding hydrogens is 248 g/mol. The molecule has 1 heterocycles. The van der Waals surface area contributed by atoms with Crippen molar-refractivity contribution >= 4 is 23.7 Å². The molecule has 0 atom stereocenters. The molecule has 1 saturated carbocycles. The van der Waals surface area contributed by atoms with Gasteiger partial charge in [-0.15, -0.1) is 0 Å². The largest absolute Gasteiger partial charge is 0.347 e. The molecular formula is C11H20N6S. The van der Waals surface area contributed by atoms with Crippen LogP contribution in [0.5, 0.6) is 0 Å². The summed E-state index contributed by atoms with van der Waals surface area (Å²) in [7, 11) is 3.81.